The lowest BCUT2D eigenvalue weighted by atomic mass is 10.2. The van der Waals surface area contributed by atoms with E-state index in [-0.39, 0.29) is 12.6 Å². The Bertz CT molecular complexity index is 397. The molecule has 0 bridgehead atoms. The summed E-state index contributed by atoms with van der Waals surface area (Å²) in [5, 5.41) is 9.35. The molecule has 2 rings (SSSR count). The molecule has 1 aromatic rings. The van der Waals surface area contributed by atoms with Crippen molar-refractivity contribution in [2.24, 2.45) is 0 Å². The van der Waals surface area contributed by atoms with Crippen molar-refractivity contribution in [1.29, 1.82) is 0 Å². The fraction of sp³-hybridized carbons (Fsp3) is 0.667. The van der Waals surface area contributed by atoms with Gasteiger partial charge in [0.1, 0.15) is 16.2 Å². The predicted octanol–water partition coefficient (Wildman–Crippen LogP) is 2.32. The second-order valence-corrected chi connectivity index (χ2v) is 5.55. The summed E-state index contributed by atoms with van der Waals surface area (Å²) in [6.07, 6.45) is 2.15. The lowest BCUT2D eigenvalue weighted by Gasteiger charge is -2.24. The maximum atomic E-state index is 9.35. The van der Waals surface area contributed by atoms with Crippen LogP contribution in [0.25, 0.3) is 0 Å². The quantitative estimate of drug-likeness (QED) is 0.870. The van der Waals surface area contributed by atoms with Gasteiger partial charge in [-0.2, -0.15) is 0 Å². The summed E-state index contributed by atoms with van der Waals surface area (Å²) in [5.74, 6) is 2.08. The molecule has 1 N–H and O–H groups in total. The molecular weight excluding hydrogens is 282 g/mol. The fourth-order valence-corrected chi connectivity index (χ4v) is 2.54. The summed E-state index contributed by atoms with van der Waals surface area (Å²) in [5.41, 5.74) is 0. The van der Waals surface area contributed by atoms with Crippen molar-refractivity contribution >= 4 is 21.7 Å². The number of hydrogen-bond acceptors (Lipinski definition) is 4. The van der Waals surface area contributed by atoms with Gasteiger partial charge in [0.05, 0.1) is 12.6 Å². The van der Waals surface area contributed by atoms with E-state index in [2.05, 4.69) is 44.6 Å². The standard InChI is InChI=1S/C12H18BrN3O/c1-8(2)12-14-10(13)6-11(15-12)16-5-3-4-9(16)7-17/h6,8-9,17H,3-5,7H2,1-2H3. The number of halogens is 1. The molecule has 94 valence electrons. The lowest BCUT2D eigenvalue weighted by Crippen LogP contribution is -2.33. The Morgan fingerprint density at radius 1 is 1.53 bits per heavy atom. The molecule has 1 saturated heterocycles. The molecule has 1 aliphatic heterocycles. The highest BCUT2D eigenvalue weighted by molar-refractivity contribution is 9.10. The van der Waals surface area contributed by atoms with Crippen LogP contribution in [0.3, 0.4) is 0 Å². The van der Waals surface area contributed by atoms with E-state index in [1.54, 1.807) is 0 Å². The smallest absolute Gasteiger partial charge is 0.134 e. The number of nitrogens with zero attached hydrogens (tertiary/aromatic N) is 3. The molecule has 4 nitrogen and oxygen atoms in total. The topological polar surface area (TPSA) is 49.2 Å². The van der Waals surface area contributed by atoms with Crippen LogP contribution >= 0.6 is 15.9 Å². The van der Waals surface area contributed by atoms with Gasteiger partial charge in [0, 0.05) is 18.5 Å². The molecule has 1 aliphatic rings. The largest absolute Gasteiger partial charge is 0.394 e. The molecule has 0 radical (unpaired) electrons. The first-order chi connectivity index (χ1) is 8.11. The summed E-state index contributed by atoms with van der Waals surface area (Å²) in [6.45, 7) is 5.32. The molecule has 17 heavy (non-hydrogen) atoms. The normalized spacial score (nSPS) is 20.3. The highest BCUT2D eigenvalue weighted by Gasteiger charge is 2.25. The van der Waals surface area contributed by atoms with Crippen LogP contribution in [0.4, 0.5) is 5.82 Å². The zero-order valence-corrected chi connectivity index (χ0v) is 11.8. The van der Waals surface area contributed by atoms with Gasteiger partial charge < -0.3 is 10.0 Å². The monoisotopic (exact) mass is 299 g/mol. The van der Waals surface area contributed by atoms with Crippen LogP contribution < -0.4 is 4.90 Å². The van der Waals surface area contributed by atoms with Gasteiger partial charge in [0.25, 0.3) is 0 Å². The molecule has 1 unspecified atom stereocenters. The molecule has 5 heteroatoms. The molecule has 0 spiro atoms. The lowest BCUT2D eigenvalue weighted by molar-refractivity contribution is 0.266. The number of rotatable bonds is 3. The van der Waals surface area contributed by atoms with E-state index >= 15 is 0 Å². The van der Waals surface area contributed by atoms with Gasteiger partial charge in [-0.25, -0.2) is 9.97 Å². The summed E-state index contributed by atoms with van der Waals surface area (Å²) in [4.78, 5) is 11.1. The van der Waals surface area contributed by atoms with Crippen molar-refractivity contribution in [2.45, 2.75) is 38.6 Å². The van der Waals surface area contributed by atoms with Gasteiger partial charge in [-0.05, 0) is 28.8 Å². The van der Waals surface area contributed by atoms with Crippen LogP contribution in [0.15, 0.2) is 10.7 Å². The van der Waals surface area contributed by atoms with Gasteiger partial charge in [-0.3, -0.25) is 0 Å². The Labute approximate surface area is 110 Å². The van der Waals surface area contributed by atoms with E-state index in [0.29, 0.717) is 5.92 Å². The Hall–Kier alpha value is -0.680. The molecule has 0 saturated carbocycles. The second-order valence-electron chi connectivity index (χ2n) is 4.73. The molecular formula is C12H18BrN3O. The van der Waals surface area contributed by atoms with E-state index < -0.39 is 0 Å². The Kier molecular flexibility index (Phi) is 3.99. The average molecular weight is 300 g/mol. The minimum Gasteiger partial charge on any atom is -0.394 e. The summed E-state index contributed by atoms with van der Waals surface area (Å²) < 4.78 is 0.815. The predicted molar refractivity (Wildman–Crippen MR) is 71.3 cm³/mol. The zero-order chi connectivity index (χ0) is 12.4. The SMILES string of the molecule is CC(C)c1nc(Br)cc(N2CCCC2CO)n1. The van der Waals surface area contributed by atoms with Crippen molar-refractivity contribution in [1.82, 2.24) is 9.97 Å². The molecule has 0 aliphatic carbocycles. The summed E-state index contributed by atoms with van der Waals surface area (Å²) in [6, 6.07) is 2.14. The fourth-order valence-electron chi connectivity index (χ4n) is 2.16. The zero-order valence-electron chi connectivity index (χ0n) is 10.2. The minimum absolute atomic E-state index is 0.193. The van der Waals surface area contributed by atoms with Crippen molar-refractivity contribution in [3.05, 3.63) is 16.5 Å². The van der Waals surface area contributed by atoms with Crippen molar-refractivity contribution in [3.63, 3.8) is 0 Å². The maximum absolute atomic E-state index is 9.35. The highest BCUT2D eigenvalue weighted by atomic mass is 79.9. The van der Waals surface area contributed by atoms with Crippen LogP contribution in [0, 0.1) is 0 Å². The van der Waals surface area contributed by atoms with Gasteiger partial charge in [-0.1, -0.05) is 13.8 Å². The van der Waals surface area contributed by atoms with E-state index in [9.17, 15) is 5.11 Å². The third-order valence-electron chi connectivity index (χ3n) is 3.10. The Morgan fingerprint density at radius 3 is 2.94 bits per heavy atom. The number of aromatic nitrogens is 2. The number of hydrogen-bond donors (Lipinski definition) is 1. The first kappa shape index (κ1) is 12.8. The van der Waals surface area contributed by atoms with E-state index in [0.717, 1.165) is 35.6 Å². The van der Waals surface area contributed by atoms with Crippen LogP contribution in [-0.4, -0.2) is 34.3 Å². The third-order valence-corrected chi connectivity index (χ3v) is 3.50. The molecule has 2 heterocycles. The highest BCUT2D eigenvalue weighted by Crippen LogP contribution is 2.26. The molecule has 1 aromatic heterocycles. The first-order valence-electron chi connectivity index (χ1n) is 6.03. The van der Waals surface area contributed by atoms with Crippen LogP contribution in [0.5, 0.6) is 0 Å². The van der Waals surface area contributed by atoms with Crippen molar-refractivity contribution < 1.29 is 5.11 Å². The number of anilines is 1. The van der Waals surface area contributed by atoms with Crippen molar-refractivity contribution in [3.8, 4) is 0 Å². The van der Waals surface area contributed by atoms with Gasteiger partial charge in [0.2, 0.25) is 0 Å². The van der Waals surface area contributed by atoms with Crippen LogP contribution in [0.1, 0.15) is 38.4 Å². The molecule has 1 fully saturated rings. The van der Waals surface area contributed by atoms with Gasteiger partial charge >= 0.3 is 0 Å². The van der Waals surface area contributed by atoms with Gasteiger partial charge in [0.15, 0.2) is 0 Å². The summed E-state index contributed by atoms with van der Waals surface area (Å²) in [7, 11) is 0. The molecule has 1 atom stereocenters. The second kappa shape index (κ2) is 5.31. The Balaban J connectivity index is 2.31. The minimum atomic E-state index is 0.193. The first-order valence-corrected chi connectivity index (χ1v) is 6.83. The van der Waals surface area contributed by atoms with Crippen molar-refractivity contribution in [2.75, 3.05) is 18.1 Å². The van der Waals surface area contributed by atoms with E-state index in [4.69, 9.17) is 0 Å². The van der Waals surface area contributed by atoms with E-state index in [1.807, 2.05) is 6.07 Å². The van der Waals surface area contributed by atoms with E-state index in [1.165, 1.54) is 0 Å². The van der Waals surface area contributed by atoms with Crippen LogP contribution in [0.2, 0.25) is 0 Å². The summed E-state index contributed by atoms with van der Waals surface area (Å²) >= 11 is 3.43. The average Bonchev–Trinajstić information content (AvgIpc) is 2.76. The van der Waals surface area contributed by atoms with Gasteiger partial charge in [-0.15, -0.1) is 0 Å². The number of aliphatic hydroxyl groups excluding tert-OH is 1. The maximum Gasteiger partial charge on any atom is 0.134 e. The molecule has 0 amide bonds. The Morgan fingerprint density at radius 2 is 2.29 bits per heavy atom. The third kappa shape index (κ3) is 2.77. The number of aliphatic hydroxyl groups is 1. The van der Waals surface area contributed by atoms with Crippen LogP contribution in [-0.2, 0) is 0 Å². The molecule has 0 aromatic carbocycles.